The lowest BCUT2D eigenvalue weighted by atomic mass is 10.0. The highest BCUT2D eigenvalue weighted by atomic mass is 19.3. The maximum absolute atomic E-state index is 14.5. The van der Waals surface area contributed by atoms with Crippen molar-refractivity contribution in [3.63, 3.8) is 0 Å². The first kappa shape index (κ1) is 19.2. The van der Waals surface area contributed by atoms with E-state index in [2.05, 4.69) is 15.5 Å². The molecule has 1 aliphatic rings. The summed E-state index contributed by atoms with van der Waals surface area (Å²) < 4.78 is 40.6. The molecule has 0 bridgehead atoms. The second-order valence-corrected chi connectivity index (χ2v) is 7.21. The molecule has 150 valence electrons. The lowest BCUT2D eigenvalue weighted by Crippen LogP contribution is -2.20. The van der Waals surface area contributed by atoms with Crippen molar-refractivity contribution in [1.29, 1.82) is 0 Å². The summed E-state index contributed by atoms with van der Waals surface area (Å²) in [6.45, 7) is 3.49. The fourth-order valence-electron chi connectivity index (χ4n) is 3.69. The van der Waals surface area contributed by atoms with Crippen molar-refractivity contribution in [2.75, 3.05) is 17.3 Å². The number of nitrogens with one attached hydrogen (secondary N) is 1. The molecule has 0 fully saturated rings. The van der Waals surface area contributed by atoms with E-state index in [9.17, 15) is 18.0 Å². The number of aryl methyl sites for hydroxylation is 1. The number of rotatable bonds is 4. The van der Waals surface area contributed by atoms with Gasteiger partial charge in [0.25, 0.3) is 6.43 Å². The van der Waals surface area contributed by atoms with Crippen LogP contribution in [0.25, 0.3) is 10.8 Å². The van der Waals surface area contributed by atoms with Crippen LogP contribution in [-0.4, -0.2) is 23.2 Å². The molecule has 0 aliphatic carbocycles. The Labute approximate surface area is 165 Å². The summed E-state index contributed by atoms with van der Waals surface area (Å²) in [4.78, 5) is 13.6. The Morgan fingerprint density at radius 3 is 2.59 bits per heavy atom. The second kappa shape index (κ2) is 7.02. The van der Waals surface area contributed by atoms with Gasteiger partial charge in [-0.3, -0.25) is 4.79 Å². The monoisotopic (exact) mass is 400 g/mol. The van der Waals surface area contributed by atoms with Gasteiger partial charge in [-0.1, -0.05) is 18.2 Å². The van der Waals surface area contributed by atoms with E-state index in [4.69, 9.17) is 0 Å². The van der Waals surface area contributed by atoms with Crippen molar-refractivity contribution in [3.8, 4) is 0 Å². The molecule has 2 aromatic carbocycles. The van der Waals surface area contributed by atoms with Gasteiger partial charge in [0.1, 0.15) is 5.82 Å². The summed E-state index contributed by atoms with van der Waals surface area (Å²) in [5, 5.41) is 13.0. The van der Waals surface area contributed by atoms with Crippen LogP contribution in [0.4, 0.5) is 24.7 Å². The zero-order valence-corrected chi connectivity index (χ0v) is 16.1. The summed E-state index contributed by atoms with van der Waals surface area (Å²) in [6, 6.07) is 7.11. The van der Waals surface area contributed by atoms with Gasteiger partial charge in [0.15, 0.2) is 5.82 Å². The van der Waals surface area contributed by atoms with E-state index in [0.717, 1.165) is 28.1 Å². The smallest absolute Gasteiger partial charge is 0.266 e. The maximum atomic E-state index is 14.5. The van der Waals surface area contributed by atoms with Gasteiger partial charge < -0.3 is 10.2 Å². The first-order valence-electron chi connectivity index (χ1n) is 9.17. The lowest BCUT2D eigenvalue weighted by molar-refractivity contribution is -0.117. The van der Waals surface area contributed by atoms with E-state index in [0.29, 0.717) is 17.9 Å². The maximum Gasteiger partial charge on any atom is 0.266 e. The van der Waals surface area contributed by atoms with Crippen molar-refractivity contribution < 1.29 is 18.0 Å². The van der Waals surface area contributed by atoms with Gasteiger partial charge >= 0.3 is 0 Å². The number of hydrogen-bond acceptors (Lipinski definition) is 4. The SMILES string of the molecule is Cc1nnc(NC(C)c2cccc(C(F)F)c2F)c2cc3c(cc12)CC(=O)N3C. The Morgan fingerprint density at radius 2 is 1.86 bits per heavy atom. The molecule has 0 saturated carbocycles. The summed E-state index contributed by atoms with van der Waals surface area (Å²) in [5.41, 5.74) is 1.89. The average Bonchev–Trinajstić information content (AvgIpc) is 2.96. The number of hydrogen-bond donors (Lipinski definition) is 1. The molecule has 8 heteroatoms. The van der Waals surface area contributed by atoms with E-state index in [-0.39, 0.29) is 11.5 Å². The van der Waals surface area contributed by atoms with Crippen molar-refractivity contribution in [2.24, 2.45) is 0 Å². The Kier molecular flexibility index (Phi) is 4.64. The molecule has 1 N–H and O–H groups in total. The van der Waals surface area contributed by atoms with Crippen LogP contribution >= 0.6 is 0 Å². The Morgan fingerprint density at radius 1 is 1.14 bits per heavy atom. The molecule has 2 heterocycles. The van der Waals surface area contributed by atoms with Gasteiger partial charge in [-0.2, -0.15) is 5.10 Å². The Balaban J connectivity index is 1.77. The molecule has 1 aliphatic heterocycles. The summed E-state index contributed by atoms with van der Waals surface area (Å²) in [5.74, 6) is -0.531. The van der Waals surface area contributed by atoms with Gasteiger partial charge in [0.2, 0.25) is 5.91 Å². The fourth-order valence-corrected chi connectivity index (χ4v) is 3.69. The predicted molar refractivity (Wildman–Crippen MR) is 105 cm³/mol. The van der Waals surface area contributed by atoms with E-state index < -0.39 is 23.8 Å². The zero-order chi connectivity index (χ0) is 20.9. The summed E-state index contributed by atoms with van der Waals surface area (Å²) >= 11 is 0. The number of fused-ring (bicyclic) bond motifs is 2. The van der Waals surface area contributed by atoms with Gasteiger partial charge in [0, 0.05) is 29.1 Å². The van der Waals surface area contributed by atoms with Crippen LogP contribution in [0.1, 0.15) is 41.8 Å². The van der Waals surface area contributed by atoms with Crippen LogP contribution in [0.3, 0.4) is 0 Å². The number of carbonyl (C=O) groups is 1. The summed E-state index contributed by atoms with van der Waals surface area (Å²) in [7, 11) is 1.71. The molecular formula is C21H19F3N4O. The number of anilines is 2. The third kappa shape index (κ3) is 3.18. The molecule has 1 aromatic heterocycles. The van der Waals surface area contributed by atoms with Crippen molar-refractivity contribution in [3.05, 3.63) is 58.5 Å². The molecule has 4 rings (SSSR count). The number of amides is 1. The minimum Gasteiger partial charge on any atom is -0.361 e. The Bertz CT molecular complexity index is 1130. The van der Waals surface area contributed by atoms with Crippen LogP contribution < -0.4 is 10.2 Å². The molecule has 0 radical (unpaired) electrons. The van der Waals surface area contributed by atoms with E-state index in [1.54, 1.807) is 18.9 Å². The molecule has 1 unspecified atom stereocenters. The number of halogens is 3. The number of benzene rings is 2. The topological polar surface area (TPSA) is 58.1 Å². The minimum absolute atomic E-state index is 0.00244. The average molecular weight is 400 g/mol. The molecule has 5 nitrogen and oxygen atoms in total. The van der Waals surface area contributed by atoms with Crippen molar-refractivity contribution >= 4 is 28.2 Å². The van der Waals surface area contributed by atoms with Gasteiger partial charge in [-0.15, -0.1) is 5.10 Å². The molecule has 0 saturated heterocycles. The largest absolute Gasteiger partial charge is 0.361 e. The third-order valence-corrected chi connectivity index (χ3v) is 5.35. The van der Waals surface area contributed by atoms with E-state index in [1.807, 2.05) is 19.1 Å². The molecule has 1 atom stereocenters. The quantitative estimate of drug-likeness (QED) is 0.689. The van der Waals surface area contributed by atoms with Crippen LogP contribution in [0, 0.1) is 12.7 Å². The van der Waals surface area contributed by atoms with E-state index >= 15 is 0 Å². The van der Waals surface area contributed by atoms with Gasteiger partial charge in [-0.25, -0.2) is 13.2 Å². The number of carbonyl (C=O) groups excluding carboxylic acids is 1. The second-order valence-electron chi connectivity index (χ2n) is 7.21. The van der Waals surface area contributed by atoms with E-state index in [1.165, 1.54) is 12.1 Å². The number of aromatic nitrogens is 2. The number of nitrogens with zero attached hydrogens (tertiary/aromatic N) is 3. The van der Waals surface area contributed by atoms with Crippen molar-refractivity contribution in [2.45, 2.75) is 32.7 Å². The molecule has 29 heavy (non-hydrogen) atoms. The number of likely N-dealkylation sites (N-methyl/N-ethyl adjacent to an activating group) is 1. The molecule has 3 aromatic rings. The van der Waals surface area contributed by atoms with Crippen molar-refractivity contribution in [1.82, 2.24) is 10.2 Å². The number of alkyl halides is 2. The highest BCUT2D eigenvalue weighted by molar-refractivity contribution is 6.06. The van der Waals surface area contributed by atoms with Gasteiger partial charge in [-0.05, 0) is 31.5 Å². The molecule has 1 amide bonds. The summed E-state index contributed by atoms with van der Waals surface area (Å²) in [6.07, 6.45) is -2.56. The normalized spacial score (nSPS) is 14.6. The predicted octanol–water partition coefficient (Wildman–Crippen LogP) is 4.71. The highest BCUT2D eigenvalue weighted by Crippen LogP contribution is 2.36. The molecule has 0 spiro atoms. The minimum atomic E-state index is -2.89. The Hall–Kier alpha value is -3.16. The van der Waals surface area contributed by atoms with Crippen LogP contribution in [0.2, 0.25) is 0 Å². The zero-order valence-electron chi connectivity index (χ0n) is 16.1. The standard InChI is InChI=1S/C21H19F3N4O/c1-10(13-5-4-6-14(19(13)22)20(23)24)25-21-16-9-17-12(8-18(29)28(17)3)7-15(16)11(2)26-27-21/h4-7,9-10,20H,8H2,1-3H3,(H,25,27). The van der Waals surface area contributed by atoms with Crippen LogP contribution in [-0.2, 0) is 11.2 Å². The first-order chi connectivity index (χ1) is 13.8. The first-order valence-corrected chi connectivity index (χ1v) is 9.17. The van der Waals surface area contributed by atoms with Crippen LogP contribution in [0.15, 0.2) is 30.3 Å². The fraction of sp³-hybridized carbons (Fsp3) is 0.286. The third-order valence-electron chi connectivity index (χ3n) is 5.35. The lowest BCUT2D eigenvalue weighted by Gasteiger charge is -2.19. The molecular weight excluding hydrogens is 381 g/mol. The van der Waals surface area contributed by atoms with Gasteiger partial charge in [0.05, 0.1) is 23.7 Å². The van der Waals surface area contributed by atoms with Crippen LogP contribution in [0.5, 0.6) is 0 Å². The highest BCUT2D eigenvalue weighted by Gasteiger charge is 2.26.